The van der Waals surface area contributed by atoms with Crippen molar-refractivity contribution in [3.05, 3.63) is 59.9 Å². The van der Waals surface area contributed by atoms with Gasteiger partial charge in [0, 0.05) is 18.8 Å². The summed E-state index contributed by atoms with van der Waals surface area (Å²) < 4.78 is 5.37. The minimum atomic E-state index is 0.373. The number of methoxy groups -OCH3 is 1. The first kappa shape index (κ1) is 13.6. The molecule has 1 heterocycles. The number of nitrogens with zero attached hydrogens (tertiary/aromatic N) is 1. The second-order valence-electron chi connectivity index (χ2n) is 4.62. The van der Waals surface area contributed by atoms with Crippen LogP contribution < -0.4 is 10.1 Å². The lowest BCUT2D eigenvalue weighted by molar-refractivity contribution is 0.406. The average Bonchev–Trinajstić information content (AvgIpc) is 2.47. The molecule has 0 amide bonds. The van der Waals surface area contributed by atoms with Crippen molar-refractivity contribution in [2.75, 3.05) is 7.11 Å². The van der Waals surface area contributed by atoms with E-state index in [0.29, 0.717) is 6.04 Å². The van der Waals surface area contributed by atoms with Crippen LogP contribution in [0.2, 0.25) is 0 Å². The van der Waals surface area contributed by atoms with Gasteiger partial charge in [0.1, 0.15) is 5.75 Å². The van der Waals surface area contributed by atoms with Crippen LogP contribution in [0.4, 0.5) is 0 Å². The molecule has 0 fully saturated rings. The minimum absolute atomic E-state index is 0.373. The highest BCUT2D eigenvalue weighted by Crippen LogP contribution is 2.18. The van der Waals surface area contributed by atoms with Crippen LogP contribution in [-0.2, 0) is 13.0 Å². The Morgan fingerprint density at radius 3 is 2.68 bits per heavy atom. The molecule has 1 aromatic carbocycles. The monoisotopic (exact) mass is 256 g/mol. The van der Waals surface area contributed by atoms with Crippen molar-refractivity contribution in [3.8, 4) is 5.75 Å². The van der Waals surface area contributed by atoms with Crippen molar-refractivity contribution in [2.45, 2.75) is 25.9 Å². The lowest BCUT2D eigenvalue weighted by Crippen LogP contribution is -2.28. The second kappa shape index (κ2) is 6.90. The number of aromatic nitrogens is 1. The Labute approximate surface area is 114 Å². The number of hydrogen-bond donors (Lipinski definition) is 1. The SMILES string of the molecule is COc1ccccc1CC(C)NCc1ccccn1. The molecule has 1 N–H and O–H groups in total. The van der Waals surface area contributed by atoms with E-state index < -0.39 is 0 Å². The Balaban J connectivity index is 1.89. The van der Waals surface area contributed by atoms with Crippen molar-refractivity contribution < 1.29 is 4.74 Å². The Morgan fingerprint density at radius 1 is 1.16 bits per heavy atom. The van der Waals surface area contributed by atoms with Crippen LogP contribution in [0.1, 0.15) is 18.2 Å². The quantitative estimate of drug-likeness (QED) is 0.863. The Bertz CT molecular complexity index is 499. The third kappa shape index (κ3) is 4.07. The molecule has 3 nitrogen and oxygen atoms in total. The molecule has 2 aromatic rings. The third-order valence-electron chi connectivity index (χ3n) is 3.08. The van der Waals surface area contributed by atoms with Gasteiger partial charge in [0.25, 0.3) is 0 Å². The highest BCUT2D eigenvalue weighted by molar-refractivity contribution is 5.33. The molecule has 0 radical (unpaired) electrons. The molecule has 2 rings (SSSR count). The summed E-state index contributed by atoms with van der Waals surface area (Å²) in [5.74, 6) is 0.953. The fourth-order valence-corrected chi connectivity index (χ4v) is 2.06. The van der Waals surface area contributed by atoms with Gasteiger partial charge in [0.05, 0.1) is 12.8 Å². The number of ether oxygens (including phenoxy) is 1. The molecule has 0 spiro atoms. The van der Waals surface area contributed by atoms with Crippen LogP contribution in [0.15, 0.2) is 48.7 Å². The van der Waals surface area contributed by atoms with Gasteiger partial charge in [-0.25, -0.2) is 0 Å². The van der Waals surface area contributed by atoms with Gasteiger partial charge in [0.2, 0.25) is 0 Å². The lowest BCUT2D eigenvalue weighted by atomic mass is 10.1. The minimum Gasteiger partial charge on any atom is -0.496 e. The van der Waals surface area contributed by atoms with Crippen molar-refractivity contribution in [3.63, 3.8) is 0 Å². The van der Waals surface area contributed by atoms with Crippen LogP contribution in [0.5, 0.6) is 5.75 Å². The predicted octanol–water partition coefficient (Wildman–Crippen LogP) is 2.81. The Kier molecular flexibility index (Phi) is 4.93. The molecule has 0 bridgehead atoms. The van der Waals surface area contributed by atoms with E-state index in [0.717, 1.165) is 24.4 Å². The van der Waals surface area contributed by atoms with Gasteiger partial charge >= 0.3 is 0 Å². The van der Waals surface area contributed by atoms with Crippen LogP contribution in [0.25, 0.3) is 0 Å². The largest absolute Gasteiger partial charge is 0.496 e. The van der Waals surface area contributed by atoms with Crippen molar-refractivity contribution in [2.24, 2.45) is 0 Å². The summed E-state index contributed by atoms with van der Waals surface area (Å²) in [4.78, 5) is 4.30. The summed E-state index contributed by atoms with van der Waals surface area (Å²) in [7, 11) is 1.71. The molecule has 19 heavy (non-hydrogen) atoms. The van der Waals surface area contributed by atoms with E-state index >= 15 is 0 Å². The first-order chi connectivity index (χ1) is 9.29. The number of hydrogen-bond acceptors (Lipinski definition) is 3. The first-order valence-corrected chi connectivity index (χ1v) is 6.55. The van der Waals surface area contributed by atoms with E-state index in [2.05, 4.69) is 23.3 Å². The normalized spacial score (nSPS) is 12.1. The van der Waals surface area contributed by atoms with E-state index in [1.165, 1.54) is 5.56 Å². The Hall–Kier alpha value is -1.87. The summed E-state index contributed by atoms with van der Waals surface area (Å²) in [5.41, 5.74) is 2.29. The molecule has 0 aliphatic heterocycles. The molecule has 1 unspecified atom stereocenters. The van der Waals surface area contributed by atoms with Crippen LogP contribution in [0, 0.1) is 0 Å². The zero-order valence-electron chi connectivity index (χ0n) is 11.5. The van der Waals surface area contributed by atoms with Crippen LogP contribution >= 0.6 is 0 Å². The standard InChI is InChI=1S/C16H20N2O/c1-13(18-12-15-8-5-6-10-17-15)11-14-7-3-4-9-16(14)19-2/h3-10,13,18H,11-12H2,1-2H3. The number of nitrogens with one attached hydrogen (secondary N) is 1. The summed E-state index contributed by atoms with van der Waals surface area (Å²) in [6.45, 7) is 2.96. The molecule has 100 valence electrons. The third-order valence-corrected chi connectivity index (χ3v) is 3.08. The van der Waals surface area contributed by atoms with Gasteiger partial charge < -0.3 is 10.1 Å². The van der Waals surface area contributed by atoms with Gasteiger partial charge in [0.15, 0.2) is 0 Å². The van der Waals surface area contributed by atoms with Gasteiger partial charge in [-0.3, -0.25) is 4.98 Å². The number of benzene rings is 1. The maximum Gasteiger partial charge on any atom is 0.122 e. The fraction of sp³-hybridized carbons (Fsp3) is 0.312. The summed E-state index contributed by atoms with van der Waals surface area (Å²) >= 11 is 0. The maximum absolute atomic E-state index is 5.37. The number of pyridine rings is 1. The van der Waals surface area contributed by atoms with Crippen molar-refractivity contribution >= 4 is 0 Å². The average molecular weight is 256 g/mol. The summed E-state index contributed by atoms with van der Waals surface area (Å²) in [6, 6.07) is 14.5. The number of para-hydroxylation sites is 1. The Morgan fingerprint density at radius 2 is 1.95 bits per heavy atom. The molecule has 3 heteroatoms. The molecule has 0 aliphatic rings. The van der Waals surface area contributed by atoms with E-state index in [-0.39, 0.29) is 0 Å². The molecular weight excluding hydrogens is 236 g/mol. The number of rotatable bonds is 6. The summed E-state index contributed by atoms with van der Waals surface area (Å²) in [5, 5.41) is 3.48. The molecular formula is C16H20N2O. The van der Waals surface area contributed by atoms with Crippen molar-refractivity contribution in [1.29, 1.82) is 0 Å². The van der Waals surface area contributed by atoms with E-state index in [1.54, 1.807) is 7.11 Å². The molecule has 0 aliphatic carbocycles. The molecule has 1 atom stereocenters. The highest BCUT2D eigenvalue weighted by atomic mass is 16.5. The van der Waals surface area contributed by atoms with Gasteiger partial charge in [-0.15, -0.1) is 0 Å². The van der Waals surface area contributed by atoms with E-state index in [1.807, 2.05) is 42.6 Å². The topological polar surface area (TPSA) is 34.1 Å². The molecule has 0 saturated carbocycles. The fourth-order valence-electron chi connectivity index (χ4n) is 2.06. The van der Waals surface area contributed by atoms with E-state index in [9.17, 15) is 0 Å². The smallest absolute Gasteiger partial charge is 0.122 e. The lowest BCUT2D eigenvalue weighted by Gasteiger charge is -2.15. The first-order valence-electron chi connectivity index (χ1n) is 6.55. The predicted molar refractivity (Wildman–Crippen MR) is 77.2 cm³/mol. The van der Waals surface area contributed by atoms with Gasteiger partial charge in [-0.2, -0.15) is 0 Å². The second-order valence-corrected chi connectivity index (χ2v) is 4.62. The zero-order chi connectivity index (χ0) is 13.5. The molecule has 0 saturated heterocycles. The van der Waals surface area contributed by atoms with Crippen molar-refractivity contribution in [1.82, 2.24) is 10.3 Å². The molecule has 1 aromatic heterocycles. The maximum atomic E-state index is 5.37. The van der Waals surface area contributed by atoms with Crippen LogP contribution in [0.3, 0.4) is 0 Å². The van der Waals surface area contributed by atoms with Crippen LogP contribution in [-0.4, -0.2) is 18.1 Å². The van der Waals surface area contributed by atoms with Gasteiger partial charge in [-0.1, -0.05) is 24.3 Å². The zero-order valence-corrected chi connectivity index (χ0v) is 11.5. The van der Waals surface area contributed by atoms with E-state index in [4.69, 9.17) is 4.74 Å². The van der Waals surface area contributed by atoms with Gasteiger partial charge in [-0.05, 0) is 37.1 Å². The summed E-state index contributed by atoms with van der Waals surface area (Å²) in [6.07, 6.45) is 2.76. The highest BCUT2D eigenvalue weighted by Gasteiger charge is 2.07.